The SMILES string of the molecule is CCN1CCN(Cc2ccccc2CN=C(N)NC(C)COC)CC1. The zero-order valence-corrected chi connectivity index (χ0v) is 15.9. The van der Waals surface area contributed by atoms with Crippen LogP contribution in [0.5, 0.6) is 0 Å². The number of nitrogens with one attached hydrogen (secondary N) is 1. The van der Waals surface area contributed by atoms with Crippen molar-refractivity contribution in [2.75, 3.05) is 46.4 Å². The van der Waals surface area contributed by atoms with Crippen LogP contribution in [-0.2, 0) is 17.8 Å². The van der Waals surface area contributed by atoms with Crippen molar-refractivity contribution in [3.63, 3.8) is 0 Å². The summed E-state index contributed by atoms with van der Waals surface area (Å²) >= 11 is 0. The van der Waals surface area contributed by atoms with Gasteiger partial charge in [-0.2, -0.15) is 0 Å². The lowest BCUT2D eigenvalue weighted by Crippen LogP contribution is -2.45. The van der Waals surface area contributed by atoms with E-state index in [4.69, 9.17) is 10.5 Å². The first-order valence-corrected chi connectivity index (χ1v) is 9.19. The van der Waals surface area contributed by atoms with Gasteiger partial charge in [0.25, 0.3) is 0 Å². The minimum absolute atomic E-state index is 0.152. The van der Waals surface area contributed by atoms with E-state index in [0.717, 1.165) is 39.3 Å². The number of hydrogen-bond acceptors (Lipinski definition) is 4. The van der Waals surface area contributed by atoms with E-state index in [9.17, 15) is 0 Å². The number of piperazine rings is 1. The van der Waals surface area contributed by atoms with Gasteiger partial charge in [0.1, 0.15) is 0 Å². The van der Waals surface area contributed by atoms with Gasteiger partial charge in [-0.3, -0.25) is 4.90 Å². The monoisotopic (exact) mass is 347 g/mol. The lowest BCUT2D eigenvalue weighted by atomic mass is 10.1. The Morgan fingerprint density at radius 1 is 1.20 bits per heavy atom. The van der Waals surface area contributed by atoms with Crippen LogP contribution in [0.2, 0.25) is 0 Å². The van der Waals surface area contributed by atoms with Crippen LogP contribution in [0.15, 0.2) is 29.3 Å². The van der Waals surface area contributed by atoms with Crippen molar-refractivity contribution in [1.82, 2.24) is 15.1 Å². The number of benzene rings is 1. The van der Waals surface area contributed by atoms with Gasteiger partial charge in [0.15, 0.2) is 5.96 Å². The number of hydrogen-bond donors (Lipinski definition) is 2. The van der Waals surface area contributed by atoms with E-state index < -0.39 is 0 Å². The Morgan fingerprint density at radius 2 is 1.84 bits per heavy atom. The lowest BCUT2D eigenvalue weighted by molar-refractivity contribution is 0.131. The molecule has 1 unspecified atom stereocenters. The number of methoxy groups -OCH3 is 1. The number of nitrogens with two attached hydrogens (primary N) is 1. The smallest absolute Gasteiger partial charge is 0.189 e. The van der Waals surface area contributed by atoms with Gasteiger partial charge in [0, 0.05) is 45.9 Å². The predicted molar refractivity (Wildman–Crippen MR) is 104 cm³/mol. The minimum Gasteiger partial charge on any atom is -0.383 e. The molecular formula is C19H33N5O. The molecule has 0 bridgehead atoms. The second kappa shape index (κ2) is 10.4. The number of ether oxygens (including phenoxy) is 1. The molecule has 0 radical (unpaired) electrons. The Kier molecular flexibility index (Phi) is 8.18. The molecule has 1 heterocycles. The Balaban J connectivity index is 1.91. The second-order valence-corrected chi connectivity index (χ2v) is 6.68. The fraction of sp³-hybridized carbons (Fsp3) is 0.632. The van der Waals surface area contributed by atoms with Gasteiger partial charge >= 0.3 is 0 Å². The fourth-order valence-corrected chi connectivity index (χ4v) is 3.13. The summed E-state index contributed by atoms with van der Waals surface area (Å²) in [6.45, 7) is 12.2. The van der Waals surface area contributed by atoms with E-state index >= 15 is 0 Å². The van der Waals surface area contributed by atoms with Crippen molar-refractivity contribution >= 4 is 5.96 Å². The number of aliphatic imine (C=N–C) groups is 1. The van der Waals surface area contributed by atoms with Crippen molar-refractivity contribution < 1.29 is 4.74 Å². The fourth-order valence-electron chi connectivity index (χ4n) is 3.13. The van der Waals surface area contributed by atoms with Crippen LogP contribution in [0.25, 0.3) is 0 Å². The molecule has 25 heavy (non-hydrogen) atoms. The van der Waals surface area contributed by atoms with Gasteiger partial charge in [0.2, 0.25) is 0 Å². The highest BCUT2D eigenvalue weighted by Gasteiger charge is 2.16. The predicted octanol–water partition coefficient (Wildman–Crippen LogP) is 1.26. The van der Waals surface area contributed by atoms with Gasteiger partial charge < -0.3 is 20.7 Å². The number of guanidine groups is 1. The highest BCUT2D eigenvalue weighted by Crippen LogP contribution is 2.14. The molecule has 1 aliphatic heterocycles. The highest BCUT2D eigenvalue weighted by atomic mass is 16.5. The van der Waals surface area contributed by atoms with Crippen LogP contribution in [0.4, 0.5) is 0 Å². The molecule has 1 atom stereocenters. The topological polar surface area (TPSA) is 66.1 Å². The minimum atomic E-state index is 0.152. The molecule has 1 fully saturated rings. The number of nitrogens with zero attached hydrogens (tertiary/aromatic N) is 3. The third kappa shape index (κ3) is 6.65. The summed E-state index contributed by atoms with van der Waals surface area (Å²) in [5, 5.41) is 3.15. The van der Waals surface area contributed by atoms with E-state index in [1.165, 1.54) is 11.1 Å². The summed E-state index contributed by atoms with van der Waals surface area (Å²) in [7, 11) is 1.68. The maximum atomic E-state index is 5.99. The Morgan fingerprint density at radius 3 is 2.48 bits per heavy atom. The van der Waals surface area contributed by atoms with E-state index in [1.807, 2.05) is 6.92 Å². The van der Waals surface area contributed by atoms with E-state index in [2.05, 4.69) is 51.3 Å². The summed E-state index contributed by atoms with van der Waals surface area (Å²) in [5.74, 6) is 0.468. The average Bonchev–Trinajstić information content (AvgIpc) is 2.62. The molecule has 6 nitrogen and oxygen atoms in total. The third-order valence-electron chi connectivity index (χ3n) is 4.66. The van der Waals surface area contributed by atoms with Gasteiger partial charge in [0.05, 0.1) is 13.2 Å². The quantitative estimate of drug-likeness (QED) is 0.547. The van der Waals surface area contributed by atoms with Gasteiger partial charge in [-0.1, -0.05) is 31.2 Å². The lowest BCUT2D eigenvalue weighted by Gasteiger charge is -2.34. The van der Waals surface area contributed by atoms with Crippen LogP contribution in [0.1, 0.15) is 25.0 Å². The molecule has 0 aliphatic carbocycles. The molecule has 6 heteroatoms. The van der Waals surface area contributed by atoms with Crippen LogP contribution in [-0.4, -0.2) is 68.2 Å². The molecule has 1 aliphatic rings. The molecule has 3 N–H and O–H groups in total. The molecule has 0 aromatic heterocycles. The first kappa shape index (κ1) is 19.7. The average molecular weight is 348 g/mol. The first-order valence-electron chi connectivity index (χ1n) is 9.19. The van der Waals surface area contributed by atoms with Crippen LogP contribution in [0.3, 0.4) is 0 Å². The Labute approximate surface area is 152 Å². The van der Waals surface area contributed by atoms with Crippen molar-refractivity contribution in [2.45, 2.75) is 33.0 Å². The Hall–Kier alpha value is -1.63. The van der Waals surface area contributed by atoms with Gasteiger partial charge in [-0.15, -0.1) is 0 Å². The third-order valence-corrected chi connectivity index (χ3v) is 4.66. The molecule has 2 rings (SSSR count). The van der Waals surface area contributed by atoms with Gasteiger partial charge in [-0.05, 0) is 24.6 Å². The van der Waals surface area contributed by atoms with Crippen molar-refractivity contribution in [3.05, 3.63) is 35.4 Å². The zero-order valence-electron chi connectivity index (χ0n) is 15.9. The Bertz CT molecular complexity index is 540. The molecule has 140 valence electrons. The first-order chi connectivity index (χ1) is 12.1. The van der Waals surface area contributed by atoms with Crippen molar-refractivity contribution in [1.29, 1.82) is 0 Å². The van der Waals surface area contributed by atoms with Crippen molar-refractivity contribution in [2.24, 2.45) is 10.7 Å². The molecule has 1 aromatic rings. The van der Waals surface area contributed by atoms with E-state index in [1.54, 1.807) is 7.11 Å². The molecule has 0 saturated carbocycles. The number of likely N-dealkylation sites (N-methyl/N-ethyl adjacent to an activating group) is 1. The molecule has 1 aromatic carbocycles. The van der Waals surface area contributed by atoms with Crippen LogP contribution < -0.4 is 11.1 Å². The summed E-state index contributed by atoms with van der Waals surface area (Å²) in [6, 6.07) is 8.67. The molecular weight excluding hydrogens is 314 g/mol. The summed E-state index contributed by atoms with van der Waals surface area (Å²) in [5.41, 5.74) is 8.57. The highest BCUT2D eigenvalue weighted by molar-refractivity contribution is 5.78. The summed E-state index contributed by atoms with van der Waals surface area (Å²) < 4.78 is 5.10. The molecule has 0 spiro atoms. The summed E-state index contributed by atoms with van der Waals surface area (Å²) in [6.07, 6.45) is 0. The molecule has 0 amide bonds. The normalized spacial score (nSPS) is 18.3. The van der Waals surface area contributed by atoms with Crippen molar-refractivity contribution in [3.8, 4) is 0 Å². The second-order valence-electron chi connectivity index (χ2n) is 6.68. The summed E-state index contributed by atoms with van der Waals surface area (Å²) in [4.78, 5) is 9.52. The molecule has 1 saturated heterocycles. The van der Waals surface area contributed by atoms with E-state index in [-0.39, 0.29) is 6.04 Å². The number of rotatable bonds is 8. The standard InChI is InChI=1S/C19H33N5O/c1-4-23-9-11-24(12-10-23)14-18-8-6-5-7-17(18)13-21-19(20)22-16(2)15-25-3/h5-8,16H,4,9-15H2,1-3H3,(H3,20,21,22). The maximum absolute atomic E-state index is 5.99. The largest absolute Gasteiger partial charge is 0.383 e. The van der Waals surface area contributed by atoms with Crippen LogP contribution in [0, 0.1) is 0 Å². The maximum Gasteiger partial charge on any atom is 0.189 e. The van der Waals surface area contributed by atoms with Crippen LogP contribution >= 0.6 is 0 Å². The van der Waals surface area contributed by atoms with Gasteiger partial charge in [-0.25, -0.2) is 4.99 Å². The van der Waals surface area contributed by atoms with E-state index in [0.29, 0.717) is 19.1 Å². The zero-order chi connectivity index (χ0) is 18.1.